The van der Waals surface area contributed by atoms with Crippen molar-refractivity contribution in [2.24, 2.45) is 0 Å². The van der Waals surface area contributed by atoms with Gasteiger partial charge in [0, 0.05) is 37.4 Å². The maximum absolute atomic E-state index is 13.0. The summed E-state index contributed by atoms with van der Waals surface area (Å²) >= 11 is 6.16. The highest BCUT2D eigenvalue weighted by molar-refractivity contribution is 6.30. The van der Waals surface area contributed by atoms with Gasteiger partial charge in [0.2, 0.25) is 0 Å². The standard InChI is InChI=1S/C18H22ClN5O2/c1-3-8-24-16(25)14-15(21(2)18(24)26)20-17-22(9-5-10-23(14)17)13-7-4-6-12(19)11-13/h3-4,6-7,11,14-15,17,20H,1,5,8-10H2,2H3. The molecule has 3 atom stereocenters. The maximum atomic E-state index is 13.0. The third-order valence-electron chi connectivity index (χ3n) is 5.32. The highest BCUT2D eigenvalue weighted by Gasteiger charge is 2.55. The van der Waals surface area contributed by atoms with Crippen LogP contribution in [0.1, 0.15) is 6.42 Å². The van der Waals surface area contributed by atoms with Gasteiger partial charge >= 0.3 is 6.03 Å². The van der Waals surface area contributed by atoms with Crippen molar-refractivity contribution in [3.8, 4) is 0 Å². The van der Waals surface area contributed by atoms with E-state index in [1.54, 1.807) is 18.0 Å². The molecule has 0 radical (unpaired) electrons. The van der Waals surface area contributed by atoms with Gasteiger partial charge in [-0.25, -0.2) is 4.79 Å². The number of imide groups is 1. The van der Waals surface area contributed by atoms with E-state index in [1.807, 2.05) is 24.3 Å². The number of fused-ring (bicyclic) bond motifs is 3. The highest BCUT2D eigenvalue weighted by atomic mass is 35.5. The molecule has 26 heavy (non-hydrogen) atoms. The second-order valence-corrected chi connectivity index (χ2v) is 7.26. The number of hydrogen-bond donors (Lipinski definition) is 1. The smallest absolute Gasteiger partial charge is 0.328 e. The summed E-state index contributed by atoms with van der Waals surface area (Å²) in [4.78, 5) is 32.8. The molecule has 0 spiro atoms. The number of anilines is 1. The third-order valence-corrected chi connectivity index (χ3v) is 5.56. The fraction of sp³-hybridized carbons (Fsp3) is 0.444. The van der Waals surface area contributed by atoms with E-state index in [9.17, 15) is 9.59 Å². The monoisotopic (exact) mass is 375 g/mol. The molecule has 1 aromatic rings. The number of carbonyl (C=O) groups is 2. The summed E-state index contributed by atoms with van der Waals surface area (Å²) in [6.07, 6.45) is 2.01. The Balaban J connectivity index is 1.67. The van der Waals surface area contributed by atoms with E-state index in [0.29, 0.717) is 5.02 Å². The fourth-order valence-corrected chi connectivity index (χ4v) is 4.32. The minimum atomic E-state index is -0.398. The van der Waals surface area contributed by atoms with Crippen LogP contribution in [0.15, 0.2) is 36.9 Å². The number of benzene rings is 1. The molecule has 1 N–H and O–H groups in total. The first kappa shape index (κ1) is 17.3. The molecule has 3 fully saturated rings. The summed E-state index contributed by atoms with van der Waals surface area (Å²) in [7, 11) is 1.73. The second-order valence-electron chi connectivity index (χ2n) is 6.83. The van der Waals surface area contributed by atoms with E-state index in [0.717, 1.165) is 25.2 Å². The predicted molar refractivity (Wildman–Crippen MR) is 99.7 cm³/mol. The van der Waals surface area contributed by atoms with Crippen molar-refractivity contribution in [2.75, 3.05) is 31.6 Å². The van der Waals surface area contributed by atoms with E-state index < -0.39 is 6.04 Å². The van der Waals surface area contributed by atoms with E-state index in [1.165, 1.54) is 4.90 Å². The SMILES string of the molecule is C=CCN1C(=O)C2C(NC3N(c4cccc(Cl)c4)CCCN23)N(C)C1=O. The summed E-state index contributed by atoms with van der Waals surface area (Å²) in [5.41, 5.74) is 1.00. The average Bonchev–Trinajstić information content (AvgIpc) is 3.03. The minimum absolute atomic E-state index is 0.153. The number of amides is 3. The number of hydrogen-bond acceptors (Lipinski definition) is 5. The van der Waals surface area contributed by atoms with Crippen molar-refractivity contribution in [1.29, 1.82) is 0 Å². The zero-order valence-corrected chi connectivity index (χ0v) is 15.4. The Morgan fingerprint density at radius 3 is 2.88 bits per heavy atom. The first-order chi connectivity index (χ1) is 12.5. The van der Waals surface area contributed by atoms with Gasteiger partial charge in [0.25, 0.3) is 5.91 Å². The number of rotatable bonds is 3. The van der Waals surface area contributed by atoms with Gasteiger partial charge in [-0.1, -0.05) is 23.7 Å². The number of urea groups is 1. The normalized spacial score (nSPS) is 29.0. The Kier molecular flexibility index (Phi) is 4.38. The number of likely N-dealkylation sites (N-methyl/N-ethyl adjacent to an activating group) is 1. The minimum Gasteiger partial charge on any atom is -0.343 e. The Bertz CT molecular complexity index is 757. The molecule has 3 unspecified atom stereocenters. The molecule has 3 saturated heterocycles. The van der Waals surface area contributed by atoms with Gasteiger partial charge in [0.1, 0.15) is 18.5 Å². The molecule has 138 valence electrons. The van der Waals surface area contributed by atoms with Crippen molar-refractivity contribution >= 4 is 29.2 Å². The predicted octanol–water partition coefficient (Wildman–Crippen LogP) is 1.51. The van der Waals surface area contributed by atoms with Crippen LogP contribution < -0.4 is 10.2 Å². The molecule has 0 aromatic heterocycles. The molecule has 0 bridgehead atoms. The maximum Gasteiger partial charge on any atom is 0.328 e. The summed E-state index contributed by atoms with van der Waals surface area (Å²) in [5.74, 6) is -0.166. The van der Waals surface area contributed by atoms with Crippen LogP contribution in [0, 0.1) is 0 Å². The number of nitrogens with zero attached hydrogens (tertiary/aromatic N) is 4. The lowest BCUT2D eigenvalue weighted by molar-refractivity contribution is -0.138. The van der Waals surface area contributed by atoms with Crippen LogP contribution in [0.25, 0.3) is 0 Å². The van der Waals surface area contributed by atoms with Crippen LogP contribution >= 0.6 is 11.6 Å². The Morgan fingerprint density at radius 2 is 2.15 bits per heavy atom. The van der Waals surface area contributed by atoms with Gasteiger partial charge in [-0.2, -0.15) is 0 Å². The largest absolute Gasteiger partial charge is 0.343 e. The molecule has 7 nitrogen and oxygen atoms in total. The van der Waals surface area contributed by atoms with Gasteiger partial charge in [-0.3, -0.25) is 19.9 Å². The van der Waals surface area contributed by atoms with Gasteiger partial charge in [0.15, 0.2) is 0 Å². The molecule has 3 heterocycles. The quantitative estimate of drug-likeness (QED) is 0.812. The van der Waals surface area contributed by atoms with Crippen LogP contribution in [-0.4, -0.2) is 71.8 Å². The number of halogens is 1. The van der Waals surface area contributed by atoms with Crippen LogP contribution in [0.2, 0.25) is 5.02 Å². The summed E-state index contributed by atoms with van der Waals surface area (Å²) in [6.45, 7) is 5.54. The van der Waals surface area contributed by atoms with Crippen molar-refractivity contribution in [1.82, 2.24) is 20.0 Å². The molecule has 8 heteroatoms. The Hall–Kier alpha value is -2.09. The Labute approximate surface area is 157 Å². The van der Waals surface area contributed by atoms with Gasteiger partial charge in [-0.15, -0.1) is 6.58 Å². The van der Waals surface area contributed by atoms with Crippen molar-refractivity contribution in [3.05, 3.63) is 41.9 Å². The topological polar surface area (TPSA) is 59.1 Å². The molecule has 1 aromatic carbocycles. The van der Waals surface area contributed by atoms with Crippen molar-refractivity contribution in [2.45, 2.75) is 24.9 Å². The van der Waals surface area contributed by atoms with E-state index >= 15 is 0 Å². The summed E-state index contributed by atoms with van der Waals surface area (Å²) < 4.78 is 0. The summed E-state index contributed by atoms with van der Waals surface area (Å²) in [5, 5.41) is 4.15. The van der Waals surface area contributed by atoms with Gasteiger partial charge in [-0.05, 0) is 24.6 Å². The molecule has 3 amide bonds. The molecular formula is C18H22ClN5O2. The highest BCUT2D eigenvalue weighted by Crippen LogP contribution is 2.33. The molecule has 0 saturated carbocycles. The third kappa shape index (κ3) is 2.58. The average molecular weight is 376 g/mol. The Morgan fingerprint density at radius 1 is 1.35 bits per heavy atom. The second kappa shape index (κ2) is 6.57. The van der Waals surface area contributed by atoms with Crippen molar-refractivity contribution in [3.63, 3.8) is 0 Å². The van der Waals surface area contributed by atoms with Crippen molar-refractivity contribution < 1.29 is 9.59 Å². The zero-order chi connectivity index (χ0) is 18.4. The van der Waals surface area contributed by atoms with Crippen LogP contribution in [-0.2, 0) is 4.79 Å². The van der Waals surface area contributed by atoms with E-state index in [-0.39, 0.29) is 30.9 Å². The molecule has 0 aliphatic carbocycles. The molecule has 4 rings (SSSR count). The first-order valence-corrected chi connectivity index (χ1v) is 9.14. The van der Waals surface area contributed by atoms with Gasteiger partial charge in [0.05, 0.1) is 0 Å². The van der Waals surface area contributed by atoms with Crippen LogP contribution in [0.3, 0.4) is 0 Å². The van der Waals surface area contributed by atoms with Gasteiger partial charge < -0.3 is 9.80 Å². The summed E-state index contributed by atoms with van der Waals surface area (Å²) in [6, 6.07) is 7.01. The fourth-order valence-electron chi connectivity index (χ4n) is 4.14. The molecule has 3 aliphatic heterocycles. The lowest BCUT2D eigenvalue weighted by Gasteiger charge is -2.43. The molecular weight excluding hydrogens is 354 g/mol. The van der Waals surface area contributed by atoms with E-state index in [2.05, 4.69) is 21.7 Å². The number of carbonyl (C=O) groups excluding carboxylic acids is 2. The lowest BCUT2D eigenvalue weighted by Crippen LogP contribution is -2.66. The molecule has 3 aliphatic rings. The van der Waals surface area contributed by atoms with Crippen LogP contribution in [0.4, 0.5) is 10.5 Å². The zero-order valence-electron chi connectivity index (χ0n) is 14.6. The first-order valence-electron chi connectivity index (χ1n) is 8.76. The number of nitrogens with one attached hydrogen (secondary N) is 1. The van der Waals surface area contributed by atoms with Crippen LogP contribution in [0.5, 0.6) is 0 Å². The van der Waals surface area contributed by atoms with E-state index in [4.69, 9.17) is 11.6 Å². The lowest BCUT2D eigenvalue weighted by atomic mass is 10.1.